The number of hydrogen-bond acceptors (Lipinski definition) is 4. The molecular formula is C21H23NO4. The van der Waals surface area contributed by atoms with E-state index in [9.17, 15) is 4.79 Å². The van der Waals surface area contributed by atoms with Crippen LogP contribution in [0, 0.1) is 0 Å². The molecule has 2 aliphatic rings. The Bertz CT molecular complexity index is 790. The first-order chi connectivity index (χ1) is 12.7. The molecule has 0 fully saturated rings. The second-order valence-electron chi connectivity index (χ2n) is 6.91. The zero-order valence-electron chi connectivity index (χ0n) is 14.9. The van der Waals surface area contributed by atoms with Gasteiger partial charge in [-0.15, -0.1) is 0 Å². The molecule has 136 valence electrons. The highest BCUT2D eigenvalue weighted by atomic mass is 16.7. The Hall–Kier alpha value is -2.69. The largest absolute Gasteiger partial charge is 0.489 e. The van der Waals surface area contributed by atoms with E-state index in [-0.39, 0.29) is 24.7 Å². The average Bonchev–Trinajstić information content (AvgIpc) is 3.12. The van der Waals surface area contributed by atoms with Crippen LogP contribution in [0.5, 0.6) is 17.2 Å². The predicted octanol–water partition coefficient (Wildman–Crippen LogP) is 3.42. The van der Waals surface area contributed by atoms with Crippen molar-refractivity contribution in [3.63, 3.8) is 0 Å². The molecule has 1 N–H and O–H groups in total. The van der Waals surface area contributed by atoms with E-state index in [0.717, 1.165) is 29.9 Å². The van der Waals surface area contributed by atoms with Gasteiger partial charge in [-0.05, 0) is 36.0 Å². The van der Waals surface area contributed by atoms with Gasteiger partial charge in [0.1, 0.15) is 11.9 Å². The van der Waals surface area contributed by atoms with Crippen LogP contribution in [0.1, 0.15) is 36.8 Å². The molecule has 2 aromatic rings. The summed E-state index contributed by atoms with van der Waals surface area (Å²) in [5, 5.41) is 3.03. The van der Waals surface area contributed by atoms with Gasteiger partial charge in [-0.1, -0.05) is 37.3 Å². The van der Waals surface area contributed by atoms with Crippen LogP contribution in [0.4, 0.5) is 0 Å². The van der Waals surface area contributed by atoms with Crippen LogP contribution in [0.2, 0.25) is 0 Å². The van der Waals surface area contributed by atoms with Crippen LogP contribution < -0.4 is 19.5 Å². The topological polar surface area (TPSA) is 56.8 Å². The van der Waals surface area contributed by atoms with Crippen molar-refractivity contribution in [2.75, 3.05) is 13.3 Å². The van der Waals surface area contributed by atoms with Crippen molar-refractivity contribution in [3.05, 3.63) is 53.6 Å². The number of ether oxygens (including phenoxy) is 3. The number of amides is 1. The maximum absolute atomic E-state index is 12.3. The fourth-order valence-electron chi connectivity index (χ4n) is 3.41. The number of aryl methyl sites for hydroxylation is 1. The highest BCUT2D eigenvalue weighted by Gasteiger charge is 2.26. The molecule has 5 heteroatoms. The summed E-state index contributed by atoms with van der Waals surface area (Å²) in [6.45, 7) is 3.00. The molecule has 0 unspecified atom stereocenters. The number of benzene rings is 2. The minimum atomic E-state index is -0.102. The van der Waals surface area contributed by atoms with Gasteiger partial charge in [-0.25, -0.2) is 0 Å². The van der Waals surface area contributed by atoms with Gasteiger partial charge in [0.25, 0.3) is 0 Å². The number of nitrogens with one attached hydrogen (secondary N) is 1. The molecule has 2 aromatic carbocycles. The van der Waals surface area contributed by atoms with Crippen LogP contribution in [-0.2, 0) is 11.2 Å². The van der Waals surface area contributed by atoms with E-state index in [2.05, 4.69) is 24.4 Å². The SMILES string of the molecule is C[C@@H](CNC(=O)C[C@@H]1CCc2cc3c(cc2O1)OCO3)c1ccccc1. The Balaban J connectivity index is 1.30. The van der Waals surface area contributed by atoms with Gasteiger partial charge in [0.15, 0.2) is 11.5 Å². The molecule has 2 heterocycles. The summed E-state index contributed by atoms with van der Waals surface area (Å²) in [6, 6.07) is 14.1. The lowest BCUT2D eigenvalue weighted by atomic mass is 9.99. The Kier molecular flexibility index (Phi) is 4.69. The predicted molar refractivity (Wildman–Crippen MR) is 97.8 cm³/mol. The lowest BCUT2D eigenvalue weighted by Gasteiger charge is -2.26. The minimum absolute atomic E-state index is 0.0296. The monoisotopic (exact) mass is 353 g/mol. The van der Waals surface area contributed by atoms with Gasteiger partial charge in [-0.3, -0.25) is 4.79 Å². The fraction of sp³-hybridized carbons (Fsp3) is 0.381. The molecule has 0 bridgehead atoms. The third-order valence-corrected chi connectivity index (χ3v) is 4.97. The van der Waals surface area contributed by atoms with Crippen LogP contribution in [0.25, 0.3) is 0 Å². The van der Waals surface area contributed by atoms with Gasteiger partial charge in [0.05, 0.1) is 6.42 Å². The Labute approximate surface area is 153 Å². The molecule has 4 rings (SSSR count). The molecule has 2 aliphatic heterocycles. The Morgan fingerprint density at radius 1 is 1.15 bits per heavy atom. The fourth-order valence-corrected chi connectivity index (χ4v) is 3.41. The second-order valence-corrected chi connectivity index (χ2v) is 6.91. The maximum Gasteiger partial charge on any atom is 0.231 e. The number of fused-ring (bicyclic) bond motifs is 2. The number of hydrogen-bond donors (Lipinski definition) is 1. The first-order valence-corrected chi connectivity index (χ1v) is 9.10. The van der Waals surface area contributed by atoms with E-state index in [0.29, 0.717) is 18.7 Å². The van der Waals surface area contributed by atoms with E-state index in [1.807, 2.05) is 30.3 Å². The molecule has 2 atom stereocenters. The zero-order chi connectivity index (χ0) is 17.9. The van der Waals surface area contributed by atoms with Gasteiger partial charge in [0.2, 0.25) is 12.7 Å². The van der Waals surface area contributed by atoms with Crippen molar-refractivity contribution in [3.8, 4) is 17.2 Å². The standard InChI is InChI=1S/C21H23NO4/c1-14(15-5-3-2-4-6-15)12-22-21(23)10-17-8-7-16-9-19-20(25-13-24-19)11-18(16)26-17/h2-6,9,11,14,17H,7-8,10,12-13H2,1H3,(H,22,23)/t14-,17-/m0/s1. The first kappa shape index (κ1) is 16.8. The van der Waals surface area contributed by atoms with Crippen molar-refractivity contribution in [1.29, 1.82) is 0 Å². The van der Waals surface area contributed by atoms with Gasteiger partial charge >= 0.3 is 0 Å². The second kappa shape index (κ2) is 7.28. The number of carbonyl (C=O) groups excluding carboxylic acids is 1. The quantitative estimate of drug-likeness (QED) is 0.895. The van der Waals surface area contributed by atoms with Gasteiger partial charge < -0.3 is 19.5 Å². The highest BCUT2D eigenvalue weighted by Crippen LogP contribution is 2.41. The van der Waals surface area contributed by atoms with E-state index < -0.39 is 0 Å². The molecule has 5 nitrogen and oxygen atoms in total. The normalized spacial score (nSPS) is 18.6. The number of rotatable bonds is 5. The third kappa shape index (κ3) is 3.62. The average molecular weight is 353 g/mol. The van der Waals surface area contributed by atoms with Crippen molar-refractivity contribution in [1.82, 2.24) is 5.32 Å². The molecule has 0 spiro atoms. The van der Waals surface area contributed by atoms with Crippen LogP contribution >= 0.6 is 0 Å². The zero-order valence-corrected chi connectivity index (χ0v) is 14.9. The van der Waals surface area contributed by atoms with E-state index >= 15 is 0 Å². The summed E-state index contributed by atoms with van der Waals surface area (Å²) in [4.78, 5) is 12.3. The van der Waals surface area contributed by atoms with Crippen LogP contribution in [-0.4, -0.2) is 25.3 Å². The van der Waals surface area contributed by atoms with Crippen molar-refractivity contribution in [2.45, 2.75) is 38.2 Å². The van der Waals surface area contributed by atoms with Crippen molar-refractivity contribution < 1.29 is 19.0 Å². The lowest BCUT2D eigenvalue weighted by Crippen LogP contribution is -2.33. The molecule has 0 saturated carbocycles. The summed E-state index contributed by atoms with van der Waals surface area (Å²) < 4.78 is 16.8. The van der Waals surface area contributed by atoms with E-state index in [4.69, 9.17) is 14.2 Å². The van der Waals surface area contributed by atoms with E-state index in [1.54, 1.807) is 0 Å². The number of carbonyl (C=O) groups is 1. The highest BCUT2D eigenvalue weighted by molar-refractivity contribution is 5.76. The molecule has 0 radical (unpaired) electrons. The maximum atomic E-state index is 12.3. The van der Waals surface area contributed by atoms with Crippen LogP contribution in [0.3, 0.4) is 0 Å². The lowest BCUT2D eigenvalue weighted by molar-refractivity contribution is -0.122. The summed E-state index contributed by atoms with van der Waals surface area (Å²) in [6.07, 6.45) is 1.98. The molecule has 0 aromatic heterocycles. The minimum Gasteiger partial charge on any atom is -0.489 e. The van der Waals surface area contributed by atoms with Crippen molar-refractivity contribution in [2.24, 2.45) is 0 Å². The third-order valence-electron chi connectivity index (χ3n) is 4.97. The van der Waals surface area contributed by atoms with Crippen LogP contribution in [0.15, 0.2) is 42.5 Å². The smallest absolute Gasteiger partial charge is 0.231 e. The van der Waals surface area contributed by atoms with Gasteiger partial charge in [0, 0.05) is 12.6 Å². The molecule has 0 aliphatic carbocycles. The molecular weight excluding hydrogens is 330 g/mol. The summed E-state index contributed by atoms with van der Waals surface area (Å²) in [5.74, 6) is 2.61. The molecule has 1 amide bonds. The van der Waals surface area contributed by atoms with Crippen molar-refractivity contribution >= 4 is 5.91 Å². The first-order valence-electron chi connectivity index (χ1n) is 9.10. The van der Waals surface area contributed by atoms with E-state index in [1.165, 1.54) is 5.56 Å². The summed E-state index contributed by atoms with van der Waals surface area (Å²) in [5.41, 5.74) is 2.34. The Morgan fingerprint density at radius 3 is 2.73 bits per heavy atom. The summed E-state index contributed by atoms with van der Waals surface area (Å²) >= 11 is 0. The Morgan fingerprint density at radius 2 is 1.92 bits per heavy atom. The molecule has 26 heavy (non-hydrogen) atoms. The van der Waals surface area contributed by atoms with Gasteiger partial charge in [-0.2, -0.15) is 0 Å². The summed E-state index contributed by atoms with van der Waals surface area (Å²) in [7, 11) is 0. The molecule has 0 saturated heterocycles.